The number of hydrogen-bond donors (Lipinski definition) is 1. The Hall–Kier alpha value is -2.70. The fourth-order valence-corrected chi connectivity index (χ4v) is 4.41. The molecule has 2 heterocycles. The van der Waals surface area contributed by atoms with Gasteiger partial charge in [-0.15, -0.1) is 0 Å². The number of fused-ring (bicyclic) bond motifs is 1. The smallest absolute Gasteiger partial charge is 0.327 e. The van der Waals surface area contributed by atoms with E-state index in [1.807, 2.05) is 30.3 Å². The van der Waals surface area contributed by atoms with Crippen molar-refractivity contribution in [3.63, 3.8) is 0 Å². The molecule has 144 valence electrons. The van der Waals surface area contributed by atoms with E-state index in [2.05, 4.69) is 5.32 Å². The lowest BCUT2D eigenvalue weighted by atomic mass is 9.76. The quantitative estimate of drug-likeness (QED) is 0.628. The number of carbonyl (C=O) groups is 3. The van der Waals surface area contributed by atoms with Crippen LogP contribution < -0.4 is 5.32 Å². The van der Waals surface area contributed by atoms with Crippen molar-refractivity contribution >= 4 is 29.5 Å². The molecule has 2 aliphatic heterocycles. The van der Waals surface area contributed by atoms with Gasteiger partial charge in [0.15, 0.2) is 0 Å². The highest BCUT2D eigenvalue weighted by molar-refractivity contribution is 6.30. The highest BCUT2D eigenvalue weighted by Crippen LogP contribution is 2.49. The van der Waals surface area contributed by atoms with Gasteiger partial charge in [0, 0.05) is 17.5 Å². The van der Waals surface area contributed by atoms with Crippen molar-refractivity contribution in [3.05, 3.63) is 70.7 Å². The van der Waals surface area contributed by atoms with E-state index >= 15 is 0 Å². The molecule has 0 spiro atoms. The van der Waals surface area contributed by atoms with Gasteiger partial charge in [0.25, 0.3) is 0 Å². The number of rotatable bonds is 4. The highest BCUT2D eigenvalue weighted by Gasteiger charge is 2.68. The van der Waals surface area contributed by atoms with Gasteiger partial charge in [-0.25, -0.2) is 0 Å². The largest absolute Gasteiger partial charge is 0.468 e. The van der Waals surface area contributed by atoms with Crippen LogP contribution in [0.5, 0.6) is 0 Å². The van der Waals surface area contributed by atoms with Crippen LogP contribution in [-0.2, 0) is 30.3 Å². The lowest BCUT2D eigenvalue weighted by molar-refractivity contribution is -0.160. The SMILES string of the molecule is COC(=O)[C@]1(Cc2ccccc2)N[C@@H](c2ccc(Cl)cc2)[C@H]2C(=O)OC(=O)[C@@H]21. The van der Waals surface area contributed by atoms with Gasteiger partial charge < -0.3 is 9.47 Å². The van der Waals surface area contributed by atoms with E-state index < -0.39 is 41.3 Å². The topological polar surface area (TPSA) is 81.7 Å². The van der Waals surface area contributed by atoms with Crippen LogP contribution in [0.2, 0.25) is 5.02 Å². The van der Waals surface area contributed by atoms with Crippen molar-refractivity contribution in [2.75, 3.05) is 7.11 Å². The number of nitrogens with one attached hydrogen (secondary N) is 1. The van der Waals surface area contributed by atoms with E-state index in [1.54, 1.807) is 24.3 Å². The Labute approximate surface area is 166 Å². The Kier molecular flexibility index (Phi) is 4.69. The van der Waals surface area contributed by atoms with Crippen LogP contribution in [0.1, 0.15) is 17.2 Å². The minimum Gasteiger partial charge on any atom is -0.468 e. The molecule has 0 aliphatic carbocycles. The average molecular weight is 400 g/mol. The van der Waals surface area contributed by atoms with Crippen molar-refractivity contribution in [2.24, 2.45) is 11.8 Å². The van der Waals surface area contributed by atoms with E-state index in [0.717, 1.165) is 11.1 Å². The average Bonchev–Trinajstić information content (AvgIpc) is 3.20. The molecular weight excluding hydrogens is 382 g/mol. The van der Waals surface area contributed by atoms with E-state index in [1.165, 1.54) is 7.11 Å². The van der Waals surface area contributed by atoms with Crippen LogP contribution in [0.25, 0.3) is 0 Å². The van der Waals surface area contributed by atoms with Gasteiger partial charge in [-0.2, -0.15) is 0 Å². The van der Waals surface area contributed by atoms with Gasteiger partial charge in [-0.05, 0) is 23.3 Å². The summed E-state index contributed by atoms with van der Waals surface area (Å²) in [6.07, 6.45) is 0.189. The summed E-state index contributed by atoms with van der Waals surface area (Å²) in [5.41, 5.74) is 0.168. The van der Waals surface area contributed by atoms with Crippen LogP contribution in [0.3, 0.4) is 0 Å². The summed E-state index contributed by atoms with van der Waals surface area (Å²) in [5.74, 6) is -3.75. The van der Waals surface area contributed by atoms with Crippen LogP contribution in [-0.4, -0.2) is 30.6 Å². The molecule has 1 N–H and O–H groups in total. The molecule has 6 nitrogen and oxygen atoms in total. The van der Waals surface area contributed by atoms with Gasteiger partial charge in [-0.3, -0.25) is 19.7 Å². The maximum Gasteiger partial charge on any atom is 0.327 e. The normalized spacial score (nSPS) is 28.7. The predicted molar refractivity (Wildman–Crippen MR) is 100 cm³/mol. The van der Waals surface area contributed by atoms with Gasteiger partial charge in [0.05, 0.1) is 13.0 Å². The van der Waals surface area contributed by atoms with Crippen LogP contribution in [0, 0.1) is 11.8 Å². The Bertz CT molecular complexity index is 930. The zero-order valence-electron chi connectivity index (χ0n) is 15.1. The molecular formula is C21H18ClNO5. The van der Waals surface area contributed by atoms with E-state index in [0.29, 0.717) is 5.02 Å². The maximum atomic E-state index is 12.9. The van der Waals surface area contributed by atoms with Crippen molar-refractivity contribution in [2.45, 2.75) is 18.0 Å². The number of cyclic esters (lactones) is 2. The summed E-state index contributed by atoms with van der Waals surface area (Å²) in [6, 6.07) is 15.6. The Balaban J connectivity index is 1.83. The van der Waals surface area contributed by atoms with Gasteiger partial charge in [0.1, 0.15) is 11.5 Å². The fraction of sp³-hybridized carbons (Fsp3) is 0.286. The summed E-state index contributed by atoms with van der Waals surface area (Å²) < 4.78 is 10.0. The molecule has 2 aromatic carbocycles. The Morgan fingerprint density at radius 3 is 2.43 bits per heavy atom. The molecule has 2 saturated heterocycles. The molecule has 2 aliphatic rings. The van der Waals surface area contributed by atoms with Crippen LogP contribution in [0.4, 0.5) is 0 Å². The maximum absolute atomic E-state index is 12.9. The van der Waals surface area contributed by atoms with Gasteiger partial charge in [0.2, 0.25) is 0 Å². The third kappa shape index (κ3) is 2.89. The lowest BCUT2D eigenvalue weighted by Gasteiger charge is -2.31. The second kappa shape index (κ2) is 7.04. The molecule has 2 aromatic rings. The molecule has 4 rings (SSSR count). The van der Waals surface area contributed by atoms with Crippen molar-refractivity contribution in [1.82, 2.24) is 5.32 Å². The minimum atomic E-state index is -1.41. The van der Waals surface area contributed by atoms with Gasteiger partial charge >= 0.3 is 17.9 Å². The molecule has 0 aromatic heterocycles. The summed E-state index contributed by atoms with van der Waals surface area (Å²) in [4.78, 5) is 38.1. The monoisotopic (exact) mass is 399 g/mol. The summed E-state index contributed by atoms with van der Waals surface area (Å²) in [6.45, 7) is 0. The summed E-state index contributed by atoms with van der Waals surface area (Å²) in [7, 11) is 1.27. The number of carbonyl (C=O) groups excluding carboxylic acids is 3. The number of halogens is 1. The molecule has 7 heteroatoms. The second-order valence-corrected chi connectivity index (χ2v) is 7.48. The predicted octanol–water partition coefficient (Wildman–Crippen LogP) is 2.45. The van der Waals surface area contributed by atoms with Gasteiger partial charge in [-0.1, -0.05) is 54.1 Å². The lowest BCUT2D eigenvalue weighted by Crippen LogP contribution is -2.56. The van der Waals surface area contributed by atoms with Crippen LogP contribution >= 0.6 is 11.6 Å². The van der Waals surface area contributed by atoms with Crippen molar-refractivity contribution in [1.29, 1.82) is 0 Å². The first kappa shape index (κ1) is 18.7. The first-order valence-electron chi connectivity index (χ1n) is 8.87. The number of benzene rings is 2. The Morgan fingerprint density at radius 1 is 1.11 bits per heavy atom. The molecule has 0 amide bonds. The highest BCUT2D eigenvalue weighted by atomic mass is 35.5. The van der Waals surface area contributed by atoms with E-state index in [9.17, 15) is 14.4 Å². The zero-order valence-corrected chi connectivity index (χ0v) is 15.8. The Morgan fingerprint density at radius 2 is 1.79 bits per heavy atom. The molecule has 0 saturated carbocycles. The number of ether oxygens (including phenoxy) is 2. The first-order chi connectivity index (χ1) is 13.5. The zero-order chi connectivity index (χ0) is 19.9. The molecule has 2 fully saturated rings. The number of hydrogen-bond acceptors (Lipinski definition) is 6. The minimum absolute atomic E-state index is 0.189. The molecule has 0 radical (unpaired) electrons. The standard InChI is InChI=1S/C21H18ClNO5/c1-27-20(26)21(11-12-5-3-2-4-6-12)16-15(18(24)28-19(16)25)17(23-21)13-7-9-14(22)10-8-13/h2-10,15-17,23H,11H2,1H3/t15-,16+,17-,21+/m0/s1. The molecule has 28 heavy (non-hydrogen) atoms. The third-order valence-corrected chi connectivity index (χ3v) is 5.75. The van der Waals surface area contributed by atoms with Crippen molar-refractivity contribution < 1.29 is 23.9 Å². The third-order valence-electron chi connectivity index (χ3n) is 5.49. The van der Waals surface area contributed by atoms with Crippen molar-refractivity contribution in [3.8, 4) is 0 Å². The number of esters is 3. The molecule has 0 unspecified atom stereocenters. The van der Waals surface area contributed by atoms with Crippen LogP contribution in [0.15, 0.2) is 54.6 Å². The number of methoxy groups -OCH3 is 1. The van der Waals surface area contributed by atoms with E-state index in [4.69, 9.17) is 21.1 Å². The first-order valence-corrected chi connectivity index (χ1v) is 9.25. The molecule has 0 bridgehead atoms. The van der Waals surface area contributed by atoms with E-state index in [-0.39, 0.29) is 6.42 Å². The summed E-state index contributed by atoms with van der Waals surface area (Å²) in [5, 5.41) is 3.81. The molecule has 4 atom stereocenters. The fourth-order valence-electron chi connectivity index (χ4n) is 4.29. The second-order valence-electron chi connectivity index (χ2n) is 7.04. The summed E-state index contributed by atoms with van der Waals surface area (Å²) >= 11 is 5.98.